The summed E-state index contributed by atoms with van der Waals surface area (Å²) < 4.78 is 7.56. The number of nitrogens with zero attached hydrogens (tertiary/aromatic N) is 5. The van der Waals surface area contributed by atoms with Crippen molar-refractivity contribution in [3.63, 3.8) is 0 Å². The van der Waals surface area contributed by atoms with Crippen LogP contribution in [-0.2, 0) is 19.5 Å². The summed E-state index contributed by atoms with van der Waals surface area (Å²) in [4.78, 5) is 6.72. The maximum absolute atomic E-state index is 5.34. The van der Waals surface area contributed by atoms with E-state index in [2.05, 4.69) is 48.2 Å². The minimum atomic E-state index is 0. The highest BCUT2D eigenvalue weighted by atomic mass is 127. The summed E-state index contributed by atoms with van der Waals surface area (Å²) in [7, 11) is 3.54. The van der Waals surface area contributed by atoms with Gasteiger partial charge in [-0.3, -0.25) is 4.99 Å². The first-order chi connectivity index (χ1) is 13.3. The summed E-state index contributed by atoms with van der Waals surface area (Å²) in [5.41, 5.74) is 2.59. The van der Waals surface area contributed by atoms with E-state index in [1.54, 1.807) is 7.11 Å². The Morgan fingerprint density at radius 2 is 2.14 bits per heavy atom. The quantitative estimate of drug-likeness (QED) is 0.403. The number of fused-ring (bicyclic) bond motifs is 1. The number of guanidine groups is 1. The molecule has 1 N–H and O–H groups in total. The fourth-order valence-corrected chi connectivity index (χ4v) is 3.78. The topological polar surface area (TPSA) is 67.6 Å². The SMILES string of the molecule is CN=C(NCc1nnc2n1CCC2)N1CC=C(c2cccc(OC)c2)CC1.I. The van der Waals surface area contributed by atoms with Gasteiger partial charge in [0.1, 0.15) is 11.6 Å². The first kappa shape index (κ1) is 20.6. The van der Waals surface area contributed by atoms with Crippen molar-refractivity contribution in [3.05, 3.63) is 47.6 Å². The summed E-state index contributed by atoms with van der Waals surface area (Å²) in [6.07, 6.45) is 5.45. The average molecular weight is 494 g/mol. The number of aryl methyl sites for hydroxylation is 1. The van der Waals surface area contributed by atoms with Crippen LogP contribution in [-0.4, -0.2) is 52.9 Å². The van der Waals surface area contributed by atoms with E-state index in [-0.39, 0.29) is 24.0 Å². The number of aliphatic imine (C=N–C) groups is 1. The molecule has 0 aliphatic carbocycles. The molecule has 150 valence electrons. The molecule has 0 saturated carbocycles. The molecule has 0 radical (unpaired) electrons. The van der Waals surface area contributed by atoms with E-state index < -0.39 is 0 Å². The Hall–Kier alpha value is -2.10. The Morgan fingerprint density at radius 3 is 2.89 bits per heavy atom. The van der Waals surface area contributed by atoms with Crippen molar-refractivity contribution in [2.24, 2.45) is 4.99 Å². The van der Waals surface area contributed by atoms with Gasteiger partial charge in [-0.1, -0.05) is 18.2 Å². The lowest BCUT2D eigenvalue weighted by Crippen LogP contribution is -2.43. The van der Waals surface area contributed by atoms with E-state index in [9.17, 15) is 0 Å². The van der Waals surface area contributed by atoms with Crippen LogP contribution < -0.4 is 10.1 Å². The molecule has 0 spiro atoms. The van der Waals surface area contributed by atoms with Crippen LogP contribution in [0.1, 0.15) is 30.1 Å². The van der Waals surface area contributed by atoms with Crippen molar-refractivity contribution >= 4 is 35.5 Å². The van der Waals surface area contributed by atoms with Crippen LogP contribution in [0.5, 0.6) is 5.75 Å². The summed E-state index contributed by atoms with van der Waals surface area (Å²) >= 11 is 0. The molecule has 7 nitrogen and oxygen atoms in total. The van der Waals surface area contributed by atoms with Gasteiger partial charge in [-0.2, -0.15) is 0 Å². The molecule has 2 aliphatic heterocycles. The van der Waals surface area contributed by atoms with Gasteiger partial charge in [0.05, 0.1) is 13.7 Å². The summed E-state index contributed by atoms with van der Waals surface area (Å²) in [6.45, 7) is 3.45. The zero-order valence-corrected chi connectivity index (χ0v) is 18.7. The fourth-order valence-electron chi connectivity index (χ4n) is 3.78. The van der Waals surface area contributed by atoms with Crippen molar-refractivity contribution in [1.82, 2.24) is 25.0 Å². The molecule has 0 bridgehead atoms. The van der Waals surface area contributed by atoms with Gasteiger partial charge >= 0.3 is 0 Å². The average Bonchev–Trinajstić information content (AvgIpc) is 3.33. The van der Waals surface area contributed by atoms with E-state index in [0.29, 0.717) is 6.54 Å². The highest BCUT2D eigenvalue weighted by Gasteiger charge is 2.19. The van der Waals surface area contributed by atoms with Crippen LogP contribution in [0.25, 0.3) is 5.57 Å². The maximum atomic E-state index is 5.34. The fraction of sp³-hybridized carbons (Fsp3) is 0.450. The minimum absolute atomic E-state index is 0. The molecule has 0 atom stereocenters. The highest BCUT2D eigenvalue weighted by molar-refractivity contribution is 14.0. The number of nitrogens with one attached hydrogen (secondary N) is 1. The Labute approximate surface area is 182 Å². The third-order valence-electron chi connectivity index (χ3n) is 5.25. The number of hydrogen-bond acceptors (Lipinski definition) is 4. The normalized spacial score (nSPS) is 16.3. The Kier molecular flexibility index (Phi) is 6.93. The van der Waals surface area contributed by atoms with Crippen LogP contribution in [0.4, 0.5) is 0 Å². The van der Waals surface area contributed by atoms with Crippen LogP contribution in [0.2, 0.25) is 0 Å². The highest BCUT2D eigenvalue weighted by Crippen LogP contribution is 2.25. The zero-order valence-electron chi connectivity index (χ0n) is 16.4. The lowest BCUT2D eigenvalue weighted by atomic mass is 9.99. The third-order valence-corrected chi connectivity index (χ3v) is 5.25. The van der Waals surface area contributed by atoms with Gasteiger partial charge in [-0.15, -0.1) is 34.2 Å². The molecule has 1 aromatic heterocycles. The van der Waals surface area contributed by atoms with Crippen molar-refractivity contribution in [1.29, 1.82) is 0 Å². The van der Waals surface area contributed by atoms with Gasteiger partial charge in [-0.25, -0.2) is 0 Å². The molecule has 1 aromatic carbocycles. The third kappa shape index (κ3) is 4.31. The first-order valence-corrected chi connectivity index (χ1v) is 9.48. The summed E-state index contributed by atoms with van der Waals surface area (Å²) in [5, 5.41) is 12.0. The second kappa shape index (κ2) is 9.40. The molecule has 0 saturated heterocycles. The predicted molar refractivity (Wildman–Crippen MR) is 121 cm³/mol. The molecular weight excluding hydrogens is 467 g/mol. The minimum Gasteiger partial charge on any atom is -0.497 e. The van der Waals surface area contributed by atoms with Gasteiger partial charge < -0.3 is 19.5 Å². The smallest absolute Gasteiger partial charge is 0.194 e. The number of benzene rings is 1. The van der Waals surface area contributed by atoms with Gasteiger partial charge in [0.2, 0.25) is 0 Å². The van der Waals surface area contributed by atoms with Crippen molar-refractivity contribution in [2.45, 2.75) is 32.4 Å². The van der Waals surface area contributed by atoms with Crippen LogP contribution in [0, 0.1) is 0 Å². The molecule has 28 heavy (non-hydrogen) atoms. The first-order valence-electron chi connectivity index (χ1n) is 9.48. The number of halogens is 1. The number of ether oxygens (including phenoxy) is 1. The van der Waals surface area contributed by atoms with Crippen LogP contribution in [0.15, 0.2) is 35.3 Å². The van der Waals surface area contributed by atoms with Gasteiger partial charge in [-0.05, 0) is 36.1 Å². The van der Waals surface area contributed by atoms with E-state index in [1.165, 1.54) is 11.1 Å². The molecule has 4 rings (SSSR count). The van der Waals surface area contributed by atoms with E-state index in [0.717, 1.165) is 62.3 Å². The molecule has 3 heterocycles. The molecular formula is C20H27IN6O. The molecule has 0 unspecified atom stereocenters. The van der Waals surface area contributed by atoms with Gasteiger partial charge in [0.15, 0.2) is 11.8 Å². The van der Waals surface area contributed by atoms with Crippen LogP contribution >= 0.6 is 24.0 Å². The molecule has 2 aliphatic rings. The predicted octanol–water partition coefficient (Wildman–Crippen LogP) is 2.72. The number of hydrogen-bond donors (Lipinski definition) is 1. The number of aromatic nitrogens is 3. The largest absolute Gasteiger partial charge is 0.497 e. The molecule has 2 aromatic rings. The van der Waals surface area contributed by atoms with E-state index in [1.807, 2.05) is 19.2 Å². The lowest BCUT2D eigenvalue weighted by Gasteiger charge is -2.29. The Bertz CT molecular complexity index is 875. The summed E-state index contributed by atoms with van der Waals surface area (Å²) in [6, 6.07) is 8.26. The summed E-state index contributed by atoms with van der Waals surface area (Å²) in [5.74, 6) is 3.90. The van der Waals surface area contributed by atoms with Crippen molar-refractivity contribution < 1.29 is 4.74 Å². The standard InChI is InChI=1S/C20H26N6O.HI/c1-21-20(22-14-19-24-23-18-7-4-10-26(18)19)25-11-8-15(9-12-25)16-5-3-6-17(13-16)27-2;/h3,5-6,8,13H,4,7,9-12,14H2,1-2H3,(H,21,22);1H. The second-order valence-electron chi connectivity index (χ2n) is 6.85. The van der Waals surface area contributed by atoms with Gasteiger partial charge in [0, 0.05) is 33.1 Å². The van der Waals surface area contributed by atoms with E-state index >= 15 is 0 Å². The molecule has 0 fully saturated rings. The molecule has 8 heteroatoms. The number of methoxy groups -OCH3 is 1. The maximum Gasteiger partial charge on any atom is 0.194 e. The lowest BCUT2D eigenvalue weighted by molar-refractivity contribution is 0.414. The zero-order chi connectivity index (χ0) is 18.6. The Morgan fingerprint density at radius 1 is 1.25 bits per heavy atom. The second-order valence-corrected chi connectivity index (χ2v) is 6.85. The molecule has 0 amide bonds. The Balaban J connectivity index is 0.00000225. The van der Waals surface area contributed by atoms with Gasteiger partial charge in [0.25, 0.3) is 0 Å². The number of rotatable bonds is 4. The van der Waals surface area contributed by atoms with Crippen molar-refractivity contribution in [3.8, 4) is 5.75 Å². The van der Waals surface area contributed by atoms with Crippen molar-refractivity contribution in [2.75, 3.05) is 27.2 Å². The monoisotopic (exact) mass is 494 g/mol. The van der Waals surface area contributed by atoms with Crippen LogP contribution in [0.3, 0.4) is 0 Å². The van der Waals surface area contributed by atoms with E-state index in [4.69, 9.17) is 4.74 Å².